The van der Waals surface area contributed by atoms with Crippen molar-refractivity contribution in [3.63, 3.8) is 0 Å². The van der Waals surface area contributed by atoms with Gasteiger partial charge in [-0.2, -0.15) is 0 Å². The second-order valence-corrected chi connectivity index (χ2v) is 3.80. The zero-order chi connectivity index (χ0) is 11.4. The largest absolute Gasteiger partial charge is 0.352 e. The molecule has 0 atom stereocenters. The Balaban J connectivity index is 2.91. The van der Waals surface area contributed by atoms with Crippen LogP contribution >= 0.6 is 15.9 Å². The smallest absolute Gasteiger partial charge is 0.251 e. The topological polar surface area (TPSA) is 29.1 Å². The first kappa shape index (κ1) is 12.1. The van der Waals surface area contributed by atoms with Gasteiger partial charge < -0.3 is 5.32 Å². The number of amides is 1. The summed E-state index contributed by atoms with van der Waals surface area (Å²) in [6.45, 7) is 2.38. The molecule has 0 radical (unpaired) electrons. The maximum atomic E-state index is 13.1. The minimum absolute atomic E-state index is 0.0124. The number of nitrogens with one attached hydrogen (secondary N) is 1. The van der Waals surface area contributed by atoms with E-state index in [9.17, 15) is 13.6 Å². The minimum atomic E-state index is -0.781. The standard InChI is InChI=1S/C10H10BrF2NO/c1-2-3-14-10(15)6-4-7(12)9(11)8(13)5-6/h4-5H,2-3H2,1H3,(H,14,15). The third kappa shape index (κ3) is 2.99. The van der Waals surface area contributed by atoms with Crippen molar-refractivity contribution in [3.05, 3.63) is 33.8 Å². The average Bonchev–Trinajstić information content (AvgIpc) is 2.21. The summed E-state index contributed by atoms with van der Waals surface area (Å²) in [5.74, 6) is -2.03. The number of hydrogen-bond donors (Lipinski definition) is 1. The second-order valence-electron chi connectivity index (χ2n) is 3.01. The highest BCUT2D eigenvalue weighted by molar-refractivity contribution is 9.10. The molecule has 5 heteroatoms. The summed E-state index contributed by atoms with van der Waals surface area (Å²) >= 11 is 2.73. The summed E-state index contributed by atoms with van der Waals surface area (Å²) in [5, 5.41) is 2.53. The molecule has 82 valence electrons. The third-order valence-electron chi connectivity index (χ3n) is 1.78. The molecule has 1 rings (SSSR count). The van der Waals surface area contributed by atoms with Gasteiger partial charge in [-0.3, -0.25) is 4.79 Å². The zero-order valence-corrected chi connectivity index (χ0v) is 9.70. The van der Waals surface area contributed by atoms with E-state index in [1.807, 2.05) is 6.92 Å². The normalized spacial score (nSPS) is 10.1. The molecule has 0 aliphatic carbocycles. The Morgan fingerprint density at radius 3 is 2.40 bits per heavy atom. The monoisotopic (exact) mass is 277 g/mol. The van der Waals surface area contributed by atoms with E-state index in [4.69, 9.17) is 0 Å². The molecule has 2 nitrogen and oxygen atoms in total. The van der Waals surface area contributed by atoms with E-state index in [0.29, 0.717) is 6.54 Å². The van der Waals surface area contributed by atoms with E-state index in [0.717, 1.165) is 18.6 Å². The average molecular weight is 278 g/mol. The molecule has 0 heterocycles. The summed E-state index contributed by atoms with van der Waals surface area (Å²) < 4.78 is 25.9. The van der Waals surface area contributed by atoms with Gasteiger partial charge in [-0.05, 0) is 34.5 Å². The fourth-order valence-corrected chi connectivity index (χ4v) is 1.26. The van der Waals surface area contributed by atoms with Gasteiger partial charge in [0.25, 0.3) is 5.91 Å². The highest BCUT2D eigenvalue weighted by Crippen LogP contribution is 2.20. The number of halogens is 3. The molecule has 0 fully saturated rings. The summed E-state index contributed by atoms with van der Waals surface area (Å²) in [7, 11) is 0. The Morgan fingerprint density at radius 1 is 1.40 bits per heavy atom. The second kappa shape index (κ2) is 5.21. The van der Waals surface area contributed by atoms with Gasteiger partial charge in [0.1, 0.15) is 11.6 Å². The van der Waals surface area contributed by atoms with Crippen LogP contribution in [0, 0.1) is 11.6 Å². The molecule has 0 bridgehead atoms. The Hall–Kier alpha value is -0.970. The molecule has 1 aromatic rings. The maximum absolute atomic E-state index is 13.1. The molecule has 0 aliphatic rings. The van der Waals surface area contributed by atoms with Crippen LogP contribution in [-0.4, -0.2) is 12.5 Å². The van der Waals surface area contributed by atoms with Crippen molar-refractivity contribution >= 4 is 21.8 Å². The van der Waals surface area contributed by atoms with Gasteiger partial charge in [0, 0.05) is 12.1 Å². The van der Waals surface area contributed by atoms with Crippen LogP contribution in [-0.2, 0) is 0 Å². The summed E-state index contributed by atoms with van der Waals surface area (Å²) in [5.41, 5.74) is -0.0124. The lowest BCUT2D eigenvalue weighted by molar-refractivity contribution is 0.0952. The van der Waals surface area contributed by atoms with Crippen molar-refractivity contribution in [1.82, 2.24) is 5.32 Å². The molecule has 0 spiro atoms. The molecule has 15 heavy (non-hydrogen) atoms. The molecular formula is C10H10BrF2NO. The molecule has 1 aromatic carbocycles. The van der Waals surface area contributed by atoms with Gasteiger partial charge in [-0.1, -0.05) is 6.92 Å². The fraction of sp³-hybridized carbons (Fsp3) is 0.300. The minimum Gasteiger partial charge on any atom is -0.352 e. The third-order valence-corrected chi connectivity index (χ3v) is 2.54. The zero-order valence-electron chi connectivity index (χ0n) is 8.11. The van der Waals surface area contributed by atoms with Crippen LogP contribution in [0.25, 0.3) is 0 Å². The molecule has 0 saturated carbocycles. The lowest BCUT2D eigenvalue weighted by Gasteiger charge is -2.04. The van der Waals surface area contributed by atoms with Crippen molar-refractivity contribution in [2.45, 2.75) is 13.3 Å². The summed E-state index contributed by atoms with van der Waals surface area (Å²) in [6, 6.07) is 2.00. The molecule has 1 amide bonds. The van der Waals surface area contributed by atoms with E-state index < -0.39 is 17.5 Å². The van der Waals surface area contributed by atoms with Gasteiger partial charge in [0.2, 0.25) is 0 Å². The molecule has 1 N–H and O–H groups in total. The SMILES string of the molecule is CCCNC(=O)c1cc(F)c(Br)c(F)c1. The number of hydrogen-bond acceptors (Lipinski definition) is 1. The molecule has 0 aromatic heterocycles. The van der Waals surface area contributed by atoms with Crippen LogP contribution < -0.4 is 5.32 Å². The van der Waals surface area contributed by atoms with Crippen LogP contribution in [0.4, 0.5) is 8.78 Å². The first-order valence-corrected chi connectivity index (χ1v) is 5.28. The maximum Gasteiger partial charge on any atom is 0.251 e. The molecule has 0 aliphatic heterocycles. The van der Waals surface area contributed by atoms with Gasteiger partial charge >= 0.3 is 0 Å². The number of rotatable bonds is 3. The number of benzene rings is 1. The Labute approximate surface area is 94.8 Å². The van der Waals surface area contributed by atoms with Crippen LogP contribution in [0.15, 0.2) is 16.6 Å². The van der Waals surface area contributed by atoms with Crippen LogP contribution in [0.1, 0.15) is 23.7 Å². The first-order valence-electron chi connectivity index (χ1n) is 4.49. The number of carbonyl (C=O) groups excluding carboxylic acids is 1. The Kier molecular flexibility index (Phi) is 4.20. The van der Waals surface area contributed by atoms with Crippen LogP contribution in [0.2, 0.25) is 0 Å². The van der Waals surface area contributed by atoms with Gasteiger partial charge in [-0.25, -0.2) is 8.78 Å². The van der Waals surface area contributed by atoms with E-state index >= 15 is 0 Å². The van der Waals surface area contributed by atoms with E-state index in [-0.39, 0.29) is 10.0 Å². The van der Waals surface area contributed by atoms with Gasteiger partial charge in [0.15, 0.2) is 0 Å². The quantitative estimate of drug-likeness (QED) is 0.846. The van der Waals surface area contributed by atoms with Crippen molar-refractivity contribution in [1.29, 1.82) is 0 Å². The van der Waals surface area contributed by atoms with Gasteiger partial charge in [0.05, 0.1) is 4.47 Å². The predicted octanol–water partition coefficient (Wildman–Crippen LogP) is 2.87. The summed E-state index contributed by atoms with van der Waals surface area (Å²) in [4.78, 5) is 11.4. The highest BCUT2D eigenvalue weighted by Gasteiger charge is 2.12. The Morgan fingerprint density at radius 2 is 1.93 bits per heavy atom. The van der Waals surface area contributed by atoms with Crippen LogP contribution in [0.5, 0.6) is 0 Å². The lowest BCUT2D eigenvalue weighted by Crippen LogP contribution is -2.24. The number of carbonyl (C=O) groups is 1. The predicted molar refractivity (Wildman–Crippen MR) is 56.7 cm³/mol. The lowest BCUT2D eigenvalue weighted by atomic mass is 10.2. The molecule has 0 saturated heterocycles. The highest BCUT2D eigenvalue weighted by atomic mass is 79.9. The van der Waals surface area contributed by atoms with Crippen molar-refractivity contribution < 1.29 is 13.6 Å². The molecule has 0 unspecified atom stereocenters. The van der Waals surface area contributed by atoms with E-state index in [1.165, 1.54) is 0 Å². The van der Waals surface area contributed by atoms with Crippen molar-refractivity contribution in [3.8, 4) is 0 Å². The first-order chi connectivity index (χ1) is 7.06. The van der Waals surface area contributed by atoms with Crippen LogP contribution in [0.3, 0.4) is 0 Å². The summed E-state index contributed by atoms with van der Waals surface area (Å²) in [6.07, 6.45) is 0.771. The Bertz CT molecular complexity index is 359. The van der Waals surface area contributed by atoms with E-state index in [2.05, 4.69) is 21.2 Å². The van der Waals surface area contributed by atoms with E-state index in [1.54, 1.807) is 0 Å². The van der Waals surface area contributed by atoms with Gasteiger partial charge in [-0.15, -0.1) is 0 Å². The van der Waals surface area contributed by atoms with Crippen molar-refractivity contribution in [2.24, 2.45) is 0 Å². The molecular weight excluding hydrogens is 268 g/mol. The van der Waals surface area contributed by atoms with Crippen molar-refractivity contribution in [2.75, 3.05) is 6.54 Å². The fourth-order valence-electron chi connectivity index (χ4n) is 1.03.